The highest BCUT2D eigenvalue weighted by Gasteiger charge is 2.35. The Labute approximate surface area is 400 Å². The molecule has 7 heterocycles. The van der Waals surface area contributed by atoms with E-state index in [4.69, 9.17) is 4.74 Å². The second kappa shape index (κ2) is 20.5. The summed E-state index contributed by atoms with van der Waals surface area (Å²) in [5.74, 6) is 0.344. The van der Waals surface area contributed by atoms with Crippen LogP contribution in [0.15, 0.2) is 51.5 Å². The van der Waals surface area contributed by atoms with Crippen molar-refractivity contribution in [3.63, 3.8) is 0 Å². The van der Waals surface area contributed by atoms with Gasteiger partial charge in [0.1, 0.15) is 17.6 Å². The molecule has 0 radical (unpaired) electrons. The van der Waals surface area contributed by atoms with Crippen molar-refractivity contribution in [3.05, 3.63) is 68.8 Å². The SMILES string of the molecule is CC(=O)N1CCC(NC2CCN(C(=O)CCCN3CCC(COc4ccc5c(c4)n(C)c(=O)n5C4CCC(=O)NC4=O)CC3)CC2)=C(C(=N)N2CCCc3cc(C4C=NN(C)C4)c(C(F)F)cc32)C1. The lowest BCUT2D eigenvalue weighted by atomic mass is 9.89. The van der Waals surface area contributed by atoms with E-state index in [-0.39, 0.29) is 66.2 Å². The average molecular weight is 954 g/mol. The molecule has 3 fully saturated rings. The van der Waals surface area contributed by atoms with Crippen LogP contribution in [0.1, 0.15) is 106 Å². The Bertz CT molecular complexity index is 2610. The second-order valence-electron chi connectivity index (χ2n) is 19.7. The van der Waals surface area contributed by atoms with Gasteiger partial charge in [-0.2, -0.15) is 5.10 Å². The van der Waals surface area contributed by atoms with E-state index in [0.29, 0.717) is 91.7 Å². The molecular formula is C50H65F2N11O6. The molecule has 0 spiro atoms. The van der Waals surface area contributed by atoms with Crippen LogP contribution in [0, 0.1) is 11.3 Å². The Morgan fingerprint density at radius 3 is 2.42 bits per heavy atom. The van der Waals surface area contributed by atoms with Gasteiger partial charge in [-0.25, -0.2) is 13.6 Å². The molecule has 2 unspecified atom stereocenters. The predicted octanol–water partition coefficient (Wildman–Crippen LogP) is 4.66. The highest BCUT2D eigenvalue weighted by molar-refractivity contribution is 6.09. The van der Waals surface area contributed by atoms with Crippen molar-refractivity contribution in [2.24, 2.45) is 18.1 Å². The summed E-state index contributed by atoms with van der Waals surface area (Å²) in [5, 5.41) is 21.7. The van der Waals surface area contributed by atoms with Crippen LogP contribution in [0.4, 0.5) is 14.5 Å². The van der Waals surface area contributed by atoms with Crippen molar-refractivity contribution in [2.45, 2.75) is 102 Å². The number of ether oxygens (including phenoxy) is 1. The third-order valence-corrected chi connectivity index (χ3v) is 15.2. The van der Waals surface area contributed by atoms with E-state index < -0.39 is 18.4 Å². The maximum atomic E-state index is 14.6. The molecule has 9 rings (SSSR count). The van der Waals surface area contributed by atoms with Gasteiger partial charge in [-0.15, -0.1) is 0 Å². The van der Waals surface area contributed by atoms with E-state index in [0.717, 1.165) is 75.8 Å². The van der Waals surface area contributed by atoms with Crippen molar-refractivity contribution in [2.75, 3.05) is 77.5 Å². The Kier molecular flexibility index (Phi) is 14.2. The zero-order valence-electron chi connectivity index (χ0n) is 40.0. The monoisotopic (exact) mass is 954 g/mol. The molecule has 6 aliphatic rings. The first kappa shape index (κ1) is 47.9. The molecule has 0 aliphatic carbocycles. The fraction of sp³-hybridized carbons (Fsp3) is 0.580. The minimum absolute atomic E-state index is 0.0294. The first-order valence-corrected chi connectivity index (χ1v) is 24.7. The molecule has 19 heteroatoms. The number of aryl methyl sites for hydroxylation is 2. The number of alkyl halides is 2. The van der Waals surface area contributed by atoms with E-state index in [2.05, 4.69) is 20.6 Å². The van der Waals surface area contributed by atoms with E-state index in [1.54, 1.807) is 35.3 Å². The van der Waals surface area contributed by atoms with Crippen LogP contribution in [0.25, 0.3) is 11.0 Å². The first-order valence-electron chi connectivity index (χ1n) is 24.7. The zero-order valence-corrected chi connectivity index (χ0v) is 40.0. The Morgan fingerprint density at radius 1 is 0.928 bits per heavy atom. The minimum atomic E-state index is -2.68. The van der Waals surface area contributed by atoms with Crippen LogP contribution < -0.4 is 26.0 Å². The lowest BCUT2D eigenvalue weighted by Gasteiger charge is -2.39. The fourth-order valence-corrected chi connectivity index (χ4v) is 11.1. The molecular weight excluding hydrogens is 889 g/mol. The second-order valence-corrected chi connectivity index (χ2v) is 19.7. The molecule has 3 aromatic rings. The molecule has 0 bridgehead atoms. The van der Waals surface area contributed by atoms with Crippen LogP contribution in [0.3, 0.4) is 0 Å². The summed E-state index contributed by atoms with van der Waals surface area (Å²) in [6, 6.07) is 8.29. The quantitative estimate of drug-likeness (QED) is 0.124. The number of nitrogens with one attached hydrogen (secondary N) is 3. The number of imidazole rings is 1. The van der Waals surface area contributed by atoms with Gasteiger partial charge in [0, 0.05) is 120 Å². The number of carbonyl (C=O) groups is 4. The molecule has 3 saturated heterocycles. The number of likely N-dealkylation sites (N-methyl/N-ethyl adjacent to an activating group) is 1. The molecule has 2 atom stereocenters. The lowest BCUT2D eigenvalue weighted by molar-refractivity contribution is -0.136. The van der Waals surface area contributed by atoms with Gasteiger partial charge in [0.05, 0.1) is 24.2 Å². The third kappa shape index (κ3) is 10.3. The molecule has 69 heavy (non-hydrogen) atoms. The van der Waals surface area contributed by atoms with Gasteiger partial charge in [-0.1, -0.05) is 6.07 Å². The van der Waals surface area contributed by atoms with Gasteiger partial charge in [-0.05, 0) is 106 Å². The number of benzene rings is 2. The van der Waals surface area contributed by atoms with Gasteiger partial charge < -0.3 is 29.7 Å². The van der Waals surface area contributed by atoms with E-state index in [1.807, 2.05) is 35.0 Å². The Balaban J connectivity index is 0.738. The standard InChI is InChI=1S/C50H65F2N11O6/c1-31(64)61-23-16-40(39(29-61)48(53)62-18-4-6-33-24-37(34-27-54-57(2)28-34)38(47(51)52)26-43(33)62)55-35-14-21-60(22-15-35)46(66)7-5-17-59-19-12-32(13-20-59)30-69-36-8-9-41-44(25-36)58(3)50(68)63(41)42-10-11-45(65)56-49(42)67/h8-9,24-27,32,34-35,42,47,53,55H,4-7,10-23,28-30H2,1-3H3,(H,56,65,67). The number of amidine groups is 1. The fourth-order valence-electron chi connectivity index (χ4n) is 11.1. The summed E-state index contributed by atoms with van der Waals surface area (Å²) in [4.78, 5) is 71.4. The smallest absolute Gasteiger partial charge is 0.329 e. The van der Waals surface area contributed by atoms with Crippen molar-refractivity contribution in [1.29, 1.82) is 5.41 Å². The molecule has 0 saturated carbocycles. The van der Waals surface area contributed by atoms with Crippen LogP contribution in [0.2, 0.25) is 0 Å². The minimum Gasteiger partial charge on any atom is -0.493 e. The highest BCUT2D eigenvalue weighted by atomic mass is 19.3. The van der Waals surface area contributed by atoms with Crippen molar-refractivity contribution >= 4 is 52.4 Å². The molecule has 370 valence electrons. The molecule has 6 aliphatic heterocycles. The summed E-state index contributed by atoms with van der Waals surface area (Å²) in [6.07, 6.45) is 6.33. The van der Waals surface area contributed by atoms with E-state index >= 15 is 0 Å². The van der Waals surface area contributed by atoms with Gasteiger partial charge >= 0.3 is 5.69 Å². The molecule has 3 N–H and O–H groups in total. The molecule has 4 amide bonds. The molecule has 2 aromatic carbocycles. The van der Waals surface area contributed by atoms with Gasteiger partial charge in [0.2, 0.25) is 23.6 Å². The van der Waals surface area contributed by atoms with Crippen LogP contribution in [-0.4, -0.2) is 143 Å². The third-order valence-electron chi connectivity index (χ3n) is 15.2. The number of likely N-dealkylation sites (tertiary alicyclic amines) is 2. The molecule has 17 nitrogen and oxygen atoms in total. The summed E-state index contributed by atoms with van der Waals surface area (Å²) in [7, 11) is 3.50. The van der Waals surface area contributed by atoms with Gasteiger partial charge in [0.25, 0.3) is 6.43 Å². The molecule has 1 aromatic heterocycles. The number of rotatable bonds is 13. The summed E-state index contributed by atoms with van der Waals surface area (Å²) < 4.78 is 38.5. The number of hydrazone groups is 1. The van der Waals surface area contributed by atoms with Crippen molar-refractivity contribution in [1.82, 2.24) is 39.5 Å². The number of anilines is 1. The van der Waals surface area contributed by atoms with Crippen LogP contribution in [-0.2, 0) is 32.6 Å². The number of piperidine rings is 3. The number of carbonyl (C=O) groups excluding carboxylic acids is 4. The van der Waals surface area contributed by atoms with Crippen molar-refractivity contribution in [3.8, 4) is 5.75 Å². The van der Waals surface area contributed by atoms with Crippen LogP contribution in [0.5, 0.6) is 5.75 Å². The maximum Gasteiger partial charge on any atom is 0.329 e. The normalized spacial score (nSPS) is 21.9. The topological polar surface area (TPSA) is 181 Å². The van der Waals surface area contributed by atoms with Gasteiger partial charge in [0.15, 0.2) is 0 Å². The summed E-state index contributed by atoms with van der Waals surface area (Å²) in [5.41, 5.74) is 4.72. The van der Waals surface area contributed by atoms with E-state index in [9.17, 15) is 38.2 Å². The number of imide groups is 1. The summed E-state index contributed by atoms with van der Waals surface area (Å²) in [6.45, 7) is 7.91. The first-order chi connectivity index (χ1) is 33.2. The number of fused-ring (bicyclic) bond motifs is 2. The zero-order chi connectivity index (χ0) is 48.5. The average Bonchev–Trinajstić information content (AvgIpc) is 3.89. The summed E-state index contributed by atoms with van der Waals surface area (Å²) >= 11 is 0. The number of halogens is 2. The number of amides is 4. The Hall–Kier alpha value is -6.11. The van der Waals surface area contributed by atoms with Crippen LogP contribution >= 0.6 is 0 Å². The highest BCUT2D eigenvalue weighted by Crippen LogP contribution is 2.39. The van der Waals surface area contributed by atoms with Gasteiger partial charge in [-0.3, -0.25) is 44.0 Å². The number of nitrogens with zero attached hydrogens (tertiary/aromatic N) is 8. The lowest BCUT2D eigenvalue weighted by Crippen LogP contribution is -2.48. The van der Waals surface area contributed by atoms with E-state index in [1.165, 1.54) is 16.1 Å². The number of hydrogen-bond donors (Lipinski definition) is 3. The largest absolute Gasteiger partial charge is 0.493 e. The number of aromatic nitrogens is 2. The Morgan fingerprint density at radius 2 is 1.71 bits per heavy atom. The predicted molar refractivity (Wildman–Crippen MR) is 258 cm³/mol. The van der Waals surface area contributed by atoms with Crippen molar-refractivity contribution < 1.29 is 32.7 Å². The number of hydrogen-bond acceptors (Lipinski definition) is 11. The maximum absolute atomic E-state index is 14.6.